The van der Waals surface area contributed by atoms with Crippen LogP contribution in [0.3, 0.4) is 0 Å². The highest BCUT2D eigenvalue weighted by Gasteiger charge is 2.24. The van der Waals surface area contributed by atoms with Gasteiger partial charge in [0.2, 0.25) is 0 Å². The minimum atomic E-state index is 0.249. The lowest BCUT2D eigenvalue weighted by molar-refractivity contribution is 0.379. The first-order valence-electron chi connectivity index (χ1n) is 9.11. The van der Waals surface area contributed by atoms with Crippen molar-refractivity contribution >= 4 is 0 Å². The molecule has 1 aliphatic carbocycles. The second-order valence-electron chi connectivity index (χ2n) is 6.67. The third kappa shape index (κ3) is 3.88. The number of rotatable bonds is 5. The van der Waals surface area contributed by atoms with E-state index in [4.69, 9.17) is 5.73 Å². The Morgan fingerprint density at radius 3 is 1.86 bits per heavy atom. The average Bonchev–Trinajstić information content (AvgIpc) is 2.81. The van der Waals surface area contributed by atoms with Gasteiger partial charge in [0.1, 0.15) is 0 Å². The van der Waals surface area contributed by atoms with Crippen molar-refractivity contribution in [3.63, 3.8) is 0 Å². The Balaban J connectivity index is 2.35. The maximum absolute atomic E-state index is 6.78. The van der Waals surface area contributed by atoms with Crippen LogP contribution in [-0.4, -0.2) is 0 Å². The molecule has 0 amide bonds. The van der Waals surface area contributed by atoms with Crippen molar-refractivity contribution in [2.75, 3.05) is 0 Å². The fourth-order valence-electron chi connectivity index (χ4n) is 3.97. The first-order chi connectivity index (χ1) is 10.2. The molecule has 0 spiro atoms. The molecule has 0 saturated heterocycles. The standard InChI is InChI=1S/C20H33N/c1-4-15-13-16(5-2)19(17(6-3)14-15)20(21)18-11-9-7-8-10-12-18/h13-14,18,20H,4-12,21H2,1-3H3. The van der Waals surface area contributed by atoms with Gasteiger partial charge in [-0.25, -0.2) is 0 Å². The molecule has 0 heterocycles. The van der Waals surface area contributed by atoms with Gasteiger partial charge in [0.05, 0.1) is 0 Å². The van der Waals surface area contributed by atoms with Crippen molar-refractivity contribution in [3.05, 3.63) is 34.4 Å². The topological polar surface area (TPSA) is 26.0 Å². The van der Waals surface area contributed by atoms with Crippen LogP contribution in [0, 0.1) is 5.92 Å². The Labute approximate surface area is 131 Å². The maximum Gasteiger partial charge on any atom is 0.0329 e. The van der Waals surface area contributed by atoms with Gasteiger partial charge >= 0.3 is 0 Å². The molecule has 1 heteroatoms. The molecule has 0 bridgehead atoms. The van der Waals surface area contributed by atoms with Gasteiger partial charge in [-0.15, -0.1) is 0 Å². The Morgan fingerprint density at radius 1 is 0.905 bits per heavy atom. The van der Waals surface area contributed by atoms with Crippen molar-refractivity contribution in [2.45, 2.75) is 84.6 Å². The largest absolute Gasteiger partial charge is 0.324 e. The minimum Gasteiger partial charge on any atom is -0.324 e. The molecular formula is C20H33N. The molecule has 118 valence electrons. The highest BCUT2D eigenvalue weighted by molar-refractivity contribution is 5.42. The highest BCUT2D eigenvalue weighted by atomic mass is 14.7. The molecule has 1 aromatic rings. The molecule has 1 atom stereocenters. The molecular weight excluding hydrogens is 254 g/mol. The van der Waals surface area contributed by atoms with E-state index in [1.54, 1.807) is 0 Å². The molecule has 0 aromatic heterocycles. The number of aryl methyl sites for hydroxylation is 3. The van der Waals surface area contributed by atoms with Crippen LogP contribution in [0.2, 0.25) is 0 Å². The van der Waals surface area contributed by atoms with Crippen LogP contribution in [0.4, 0.5) is 0 Å². The van der Waals surface area contributed by atoms with Crippen molar-refractivity contribution < 1.29 is 0 Å². The molecule has 1 nitrogen and oxygen atoms in total. The van der Waals surface area contributed by atoms with Gasteiger partial charge in [0.25, 0.3) is 0 Å². The number of nitrogens with two attached hydrogens (primary N) is 1. The first-order valence-corrected chi connectivity index (χ1v) is 9.11. The van der Waals surface area contributed by atoms with E-state index in [0.717, 1.165) is 19.3 Å². The van der Waals surface area contributed by atoms with Gasteiger partial charge in [0, 0.05) is 6.04 Å². The van der Waals surface area contributed by atoms with Crippen LogP contribution >= 0.6 is 0 Å². The van der Waals surface area contributed by atoms with Crippen molar-refractivity contribution in [1.29, 1.82) is 0 Å². The summed E-state index contributed by atoms with van der Waals surface area (Å²) >= 11 is 0. The van der Waals surface area contributed by atoms with Gasteiger partial charge in [-0.2, -0.15) is 0 Å². The van der Waals surface area contributed by atoms with Crippen molar-refractivity contribution in [3.8, 4) is 0 Å². The van der Waals surface area contributed by atoms with Gasteiger partial charge in [0.15, 0.2) is 0 Å². The number of hydrogen-bond donors (Lipinski definition) is 1. The second-order valence-corrected chi connectivity index (χ2v) is 6.67. The van der Waals surface area contributed by atoms with Crippen molar-refractivity contribution in [2.24, 2.45) is 11.7 Å². The Morgan fingerprint density at radius 2 is 1.43 bits per heavy atom. The molecule has 1 saturated carbocycles. The Bertz CT molecular complexity index is 416. The summed E-state index contributed by atoms with van der Waals surface area (Å²) in [4.78, 5) is 0. The van der Waals surface area contributed by atoms with E-state index < -0.39 is 0 Å². The number of hydrogen-bond acceptors (Lipinski definition) is 1. The third-order valence-corrected chi connectivity index (χ3v) is 5.32. The van der Waals surface area contributed by atoms with Gasteiger partial charge in [-0.1, -0.05) is 58.6 Å². The normalized spacial score (nSPS) is 18.5. The summed E-state index contributed by atoms with van der Waals surface area (Å²) in [5.74, 6) is 0.690. The van der Waals surface area contributed by atoms with E-state index in [-0.39, 0.29) is 6.04 Å². The molecule has 1 aliphatic rings. The summed E-state index contributed by atoms with van der Waals surface area (Å²) in [6.45, 7) is 6.80. The maximum atomic E-state index is 6.78. The second kappa shape index (κ2) is 7.98. The fourth-order valence-corrected chi connectivity index (χ4v) is 3.97. The monoisotopic (exact) mass is 287 g/mol. The summed E-state index contributed by atoms with van der Waals surface area (Å²) in [6, 6.07) is 5.06. The summed E-state index contributed by atoms with van der Waals surface area (Å²) in [6.07, 6.45) is 11.5. The van der Waals surface area contributed by atoms with E-state index in [0.29, 0.717) is 5.92 Å². The van der Waals surface area contributed by atoms with Crippen LogP contribution in [-0.2, 0) is 19.3 Å². The molecule has 1 aromatic carbocycles. The molecule has 0 aliphatic heterocycles. The minimum absolute atomic E-state index is 0.249. The summed E-state index contributed by atoms with van der Waals surface area (Å²) in [7, 11) is 0. The van der Waals surface area contributed by atoms with E-state index in [1.807, 2.05) is 0 Å². The molecule has 0 radical (unpaired) electrons. The van der Waals surface area contributed by atoms with E-state index in [2.05, 4.69) is 32.9 Å². The smallest absolute Gasteiger partial charge is 0.0329 e. The molecule has 2 N–H and O–H groups in total. The SMILES string of the molecule is CCc1cc(CC)c(C(N)C2CCCCCC2)c(CC)c1. The van der Waals surface area contributed by atoms with Gasteiger partial charge < -0.3 is 5.73 Å². The van der Waals surface area contributed by atoms with Crippen LogP contribution in [0.5, 0.6) is 0 Å². The van der Waals surface area contributed by atoms with Crippen LogP contribution in [0.15, 0.2) is 12.1 Å². The van der Waals surface area contributed by atoms with Crippen LogP contribution in [0.25, 0.3) is 0 Å². The van der Waals surface area contributed by atoms with Crippen molar-refractivity contribution in [1.82, 2.24) is 0 Å². The molecule has 1 unspecified atom stereocenters. The molecule has 2 rings (SSSR count). The predicted octanol–water partition coefficient (Wildman–Crippen LogP) is 5.34. The Hall–Kier alpha value is -0.820. The third-order valence-electron chi connectivity index (χ3n) is 5.32. The highest BCUT2D eigenvalue weighted by Crippen LogP contribution is 2.36. The Kier molecular flexibility index (Phi) is 6.29. The van der Waals surface area contributed by atoms with E-state index in [1.165, 1.54) is 60.8 Å². The zero-order valence-corrected chi connectivity index (χ0v) is 14.3. The van der Waals surface area contributed by atoms with E-state index in [9.17, 15) is 0 Å². The fraction of sp³-hybridized carbons (Fsp3) is 0.700. The lowest BCUT2D eigenvalue weighted by Gasteiger charge is -2.27. The van der Waals surface area contributed by atoms with Crippen LogP contribution in [0.1, 0.15) is 87.6 Å². The predicted molar refractivity (Wildman–Crippen MR) is 92.7 cm³/mol. The zero-order valence-electron chi connectivity index (χ0n) is 14.3. The van der Waals surface area contributed by atoms with Crippen LogP contribution < -0.4 is 5.73 Å². The summed E-state index contributed by atoms with van der Waals surface area (Å²) in [5, 5.41) is 0. The zero-order chi connectivity index (χ0) is 15.2. The quantitative estimate of drug-likeness (QED) is 0.726. The van der Waals surface area contributed by atoms with Gasteiger partial charge in [-0.3, -0.25) is 0 Å². The first kappa shape index (κ1) is 16.5. The van der Waals surface area contributed by atoms with Gasteiger partial charge in [-0.05, 0) is 60.3 Å². The van der Waals surface area contributed by atoms with E-state index >= 15 is 0 Å². The average molecular weight is 287 g/mol. The lowest BCUT2D eigenvalue weighted by Crippen LogP contribution is -2.24. The number of benzene rings is 1. The molecule has 1 fully saturated rings. The summed E-state index contributed by atoms with van der Waals surface area (Å²) in [5.41, 5.74) is 12.8. The molecule has 21 heavy (non-hydrogen) atoms. The summed E-state index contributed by atoms with van der Waals surface area (Å²) < 4.78 is 0. The lowest BCUT2D eigenvalue weighted by atomic mass is 9.81.